The van der Waals surface area contributed by atoms with Crippen LogP contribution in [0.2, 0.25) is 0 Å². The number of amides is 2. The molecule has 0 aliphatic rings. The summed E-state index contributed by atoms with van der Waals surface area (Å²) in [4.78, 5) is 24.6. The van der Waals surface area contributed by atoms with Gasteiger partial charge in [-0.15, -0.1) is 0 Å². The van der Waals surface area contributed by atoms with Gasteiger partial charge in [-0.2, -0.15) is 0 Å². The van der Waals surface area contributed by atoms with Gasteiger partial charge in [0.05, 0.1) is 0 Å². The second-order valence-electron chi connectivity index (χ2n) is 6.88. The molecule has 0 spiro atoms. The van der Waals surface area contributed by atoms with Gasteiger partial charge in [0.15, 0.2) is 0 Å². The summed E-state index contributed by atoms with van der Waals surface area (Å²) in [5.41, 5.74) is 1.36. The SMILES string of the molecule is CC(=O)Nc1cccc(C(C)NCCN(C)C(=O)OC(C)(C)C)c1. The van der Waals surface area contributed by atoms with Gasteiger partial charge in [0.25, 0.3) is 0 Å². The van der Waals surface area contributed by atoms with Crippen LogP contribution in [0.3, 0.4) is 0 Å². The lowest BCUT2D eigenvalue weighted by molar-refractivity contribution is -0.114. The molecule has 134 valence electrons. The minimum absolute atomic E-state index is 0.0910. The first-order chi connectivity index (χ1) is 11.1. The molecule has 1 rings (SSSR count). The van der Waals surface area contributed by atoms with E-state index >= 15 is 0 Å². The summed E-state index contributed by atoms with van der Waals surface area (Å²) in [7, 11) is 1.72. The molecule has 0 aromatic heterocycles. The molecule has 6 nitrogen and oxygen atoms in total. The van der Waals surface area contributed by atoms with Crippen LogP contribution in [-0.4, -0.2) is 42.6 Å². The highest BCUT2D eigenvalue weighted by Gasteiger charge is 2.19. The average Bonchev–Trinajstić information content (AvgIpc) is 2.44. The first-order valence-corrected chi connectivity index (χ1v) is 8.13. The van der Waals surface area contributed by atoms with Crippen LogP contribution in [0.1, 0.15) is 46.2 Å². The molecule has 0 saturated carbocycles. The second kappa shape index (κ2) is 8.68. The Balaban J connectivity index is 2.47. The van der Waals surface area contributed by atoms with Crippen LogP contribution in [-0.2, 0) is 9.53 Å². The van der Waals surface area contributed by atoms with Gasteiger partial charge in [-0.05, 0) is 45.4 Å². The molecule has 0 fully saturated rings. The van der Waals surface area contributed by atoms with E-state index in [9.17, 15) is 9.59 Å². The standard InChI is InChI=1S/C18H29N3O3/c1-13(15-8-7-9-16(12-15)20-14(2)22)19-10-11-21(6)17(23)24-18(3,4)5/h7-9,12-13,19H,10-11H2,1-6H3,(H,20,22). The number of benzene rings is 1. The maximum atomic E-state index is 11.9. The summed E-state index contributed by atoms with van der Waals surface area (Å²) in [6.07, 6.45) is -0.329. The molecule has 0 bridgehead atoms. The molecular formula is C18H29N3O3. The molecular weight excluding hydrogens is 306 g/mol. The topological polar surface area (TPSA) is 70.7 Å². The molecule has 0 aliphatic heterocycles. The van der Waals surface area contributed by atoms with Gasteiger partial charge < -0.3 is 20.3 Å². The fourth-order valence-electron chi connectivity index (χ4n) is 2.09. The number of hydrogen-bond acceptors (Lipinski definition) is 4. The van der Waals surface area contributed by atoms with E-state index in [1.807, 2.05) is 52.0 Å². The Bertz CT molecular complexity index is 567. The van der Waals surface area contributed by atoms with Crippen molar-refractivity contribution in [3.63, 3.8) is 0 Å². The van der Waals surface area contributed by atoms with Gasteiger partial charge in [-0.25, -0.2) is 4.79 Å². The van der Waals surface area contributed by atoms with Crippen molar-refractivity contribution in [2.45, 2.75) is 46.3 Å². The van der Waals surface area contributed by atoms with Crippen molar-refractivity contribution >= 4 is 17.7 Å². The zero-order chi connectivity index (χ0) is 18.3. The first kappa shape index (κ1) is 20.0. The lowest BCUT2D eigenvalue weighted by Crippen LogP contribution is -2.38. The number of hydrogen-bond donors (Lipinski definition) is 2. The molecule has 2 N–H and O–H groups in total. The number of anilines is 1. The molecule has 1 aromatic rings. The van der Waals surface area contributed by atoms with E-state index in [0.29, 0.717) is 13.1 Å². The normalized spacial score (nSPS) is 12.4. The molecule has 1 unspecified atom stereocenters. The summed E-state index contributed by atoms with van der Waals surface area (Å²) in [6, 6.07) is 7.81. The summed E-state index contributed by atoms with van der Waals surface area (Å²) in [5, 5.41) is 6.14. The van der Waals surface area contributed by atoms with Crippen molar-refractivity contribution in [1.82, 2.24) is 10.2 Å². The highest BCUT2D eigenvalue weighted by molar-refractivity contribution is 5.88. The molecule has 2 amide bonds. The second-order valence-corrected chi connectivity index (χ2v) is 6.88. The Morgan fingerprint density at radius 1 is 1.29 bits per heavy atom. The van der Waals surface area contributed by atoms with Crippen molar-refractivity contribution < 1.29 is 14.3 Å². The highest BCUT2D eigenvalue weighted by Crippen LogP contribution is 2.17. The lowest BCUT2D eigenvalue weighted by atomic mass is 10.1. The molecule has 0 heterocycles. The Morgan fingerprint density at radius 3 is 2.54 bits per heavy atom. The highest BCUT2D eigenvalue weighted by atomic mass is 16.6. The van der Waals surface area contributed by atoms with E-state index in [1.54, 1.807) is 11.9 Å². The number of nitrogens with one attached hydrogen (secondary N) is 2. The van der Waals surface area contributed by atoms with Crippen LogP contribution in [0.25, 0.3) is 0 Å². The van der Waals surface area contributed by atoms with Crippen LogP contribution in [0.5, 0.6) is 0 Å². The molecule has 0 saturated heterocycles. The van der Waals surface area contributed by atoms with Crippen molar-refractivity contribution in [2.75, 3.05) is 25.5 Å². The van der Waals surface area contributed by atoms with Gasteiger partial charge in [-0.1, -0.05) is 12.1 Å². The fourth-order valence-corrected chi connectivity index (χ4v) is 2.09. The molecule has 24 heavy (non-hydrogen) atoms. The van der Waals surface area contributed by atoms with Crippen LogP contribution in [0, 0.1) is 0 Å². The minimum Gasteiger partial charge on any atom is -0.444 e. The van der Waals surface area contributed by atoms with Crippen molar-refractivity contribution in [2.24, 2.45) is 0 Å². The van der Waals surface area contributed by atoms with E-state index in [1.165, 1.54) is 6.92 Å². The van der Waals surface area contributed by atoms with Gasteiger partial charge in [-0.3, -0.25) is 4.79 Å². The third-order valence-electron chi connectivity index (χ3n) is 3.31. The summed E-state index contributed by atoms with van der Waals surface area (Å²) in [5.74, 6) is -0.0910. The Hall–Kier alpha value is -2.08. The fraction of sp³-hybridized carbons (Fsp3) is 0.556. The van der Waals surface area contributed by atoms with Gasteiger partial charge in [0.2, 0.25) is 5.91 Å². The number of carbonyl (C=O) groups is 2. The van der Waals surface area contributed by atoms with E-state index in [2.05, 4.69) is 10.6 Å². The molecule has 0 radical (unpaired) electrons. The maximum absolute atomic E-state index is 11.9. The van der Waals surface area contributed by atoms with Crippen LogP contribution in [0.15, 0.2) is 24.3 Å². The van der Waals surface area contributed by atoms with E-state index < -0.39 is 5.60 Å². The van der Waals surface area contributed by atoms with Crippen molar-refractivity contribution in [3.8, 4) is 0 Å². The number of nitrogens with zero attached hydrogens (tertiary/aromatic N) is 1. The molecule has 6 heteroatoms. The van der Waals surface area contributed by atoms with Gasteiger partial charge in [0.1, 0.15) is 5.60 Å². The number of likely N-dealkylation sites (N-methyl/N-ethyl adjacent to an activating group) is 1. The zero-order valence-corrected chi connectivity index (χ0v) is 15.5. The quantitative estimate of drug-likeness (QED) is 0.838. The summed E-state index contributed by atoms with van der Waals surface area (Å²) >= 11 is 0. The lowest BCUT2D eigenvalue weighted by Gasteiger charge is -2.25. The van der Waals surface area contributed by atoms with Gasteiger partial charge >= 0.3 is 6.09 Å². The largest absolute Gasteiger partial charge is 0.444 e. The van der Waals surface area contributed by atoms with Crippen LogP contribution >= 0.6 is 0 Å². The van der Waals surface area contributed by atoms with E-state index in [4.69, 9.17) is 4.74 Å². The summed E-state index contributed by atoms with van der Waals surface area (Å²) < 4.78 is 5.31. The van der Waals surface area contributed by atoms with Gasteiger partial charge in [0, 0.05) is 38.8 Å². The molecule has 1 atom stereocenters. The molecule has 0 aliphatic carbocycles. The predicted molar refractivity (Wildman–Crippen MR) is 96.0 cm³/mol. The van der Waals surface area contributed by atoms with E-state index in [-0.39, 0.29) is 18.0 Å². The minimum atomic E-state index is -0.490. The third kappa shape index (κ3) is 7.46. The Labute approximate surface area is 144 Å². The Kier molecular flexibility index (Phi) is 7.22. The van der Waals surface area contributed by atoms with E-state index in [0.717, 1.165) is 11.3 Å². The predicted octanol–water partition coefficient (Wildman–Crippen LogP) is 3.16. The van der Waals surface area contributed by atoms with Crippen molar-refractivity contribution in [3.05, 3.63) is 29.8 Å². The van der Waals surface area contributed by atoms with Crippen molar-refractivity contribution in [1.29, 1.82) is 0 Å². The molecule has 1 aromatic carbocycles. The van der Waals surface area contributed by atoms with Crippen LogP contribution in [0.4, 0.5) is 10.5 Å². The third-order valence-corrected chi connectivity index (χ3v) is 3.31. The maximum Gasteiger partial charge on any atom is 0.410 e. The smallest absolute Gasteiger partial charge is 0.410 e. The van der Waals surface area contributed by atoms with Crippen LogP contribution < -0.4 is 10.6 Å². The monoisotopic (exact) mass is 335 g/mol. The number of carbonyl (C=O) groups excluding carboxylic acids is 2. The average molecular weight is 335 g/mol. The Morgan fingerprint density at radius 2 is 1.96 bits per heavy atom. The number of ether oxygens (including phenoxy) is 1. The number of rotatable bonds is 6. The zero-order valence-electron chi connectivity index (χ0n) is 15.5. The summed E-state index contributed by atoms with van der Waals surface area (Å²) in [6.45, 7) is 10.3. The first-order valence-electron chi connectivity index (χ1n) is 8.13.